The number of aromatic nitrogens is 2. The average molecular weight is 634 g/mol. The Bertz CT molecular complexity index is 1170. The number of guanidine groups is 1. The number of carbonyl (C=O) groups excluding carboxylic acids is 2. The van der Waals surface area contributed by atoms with E-state index in [-0.39, 0.29) is 52.2 Å². The summed E-state index contributed by atoms with van der Waals surface area (Å²) in [6, 6.07) is -0.340. The molecule has 13 nitrogen and oxygen atoms in total. The number of amides is 2. The van der Waals surface area contributed by atoms with Gasteiger partial charge in [-0.15, -0.1) is 0 Å². The van der Waals surface area contributed by atoms with Gasteiger partial charge in [0.15, 0.2) is 33.1 Å². The topological polar surface area (TPSA) is 189 Å². The van der Waals surface area contributed by atoms with Crippen molar-refractivity contribution in [3.05, 3.63) is 9.39 Å². The van der Waals surface area contributed by atoms with Gasteiger partial charge in [0, 0.05) is 32.7 Å². The molecule has 15 heteroatoms. The Labute approximate surface area is 223 Å². The number of piperidine rings is 1. The highest BCUT2D eigenvalue weighted by molar-refractivity contribution is 14.1. The number of sulfone groups is 1. The van der Waals surface area contributed by atoms with Crippen LogP contribution < -0.4 is 22.1 Å². The van der Waals surface area contributed by atoms with Crippen LogP contribution >= 0.6 is 22.6 Å². The lowest BCUT2D eigenvalue weighted by Gasteiger charge is -2.43. The second kappa shape index (κ2) is 10.2. The number of hydrogen-bond acceptors (Lipinski definition) is 9. The largest absolute Gasteiger partial charge is 0.382 e. The van der Waals surface area contributed by atoms with Crippen molar-refractivity contribution in [2.45, 2.75) is 38.3 Å². The third-order valence-corrected chi connectivity index (χ3v) is 9.39. The van der Waals surface area contributed by atoms with E-state index in [4.69, 9.17) is 11.5 Å². The van der Waals surface area contributed by atoms with Crippen LogP contribution in [0.2, 0.25) is 0 Å². The van der Waals surface area contributed by atoms with Crippen molar-refractivity contribution in [2.75, 3.05) is 55.7 Å². The molecule has 0 saturated carbocycles. The molecule has 1 spiro atoms. The SMILES string of the molecule is CC(C)C(C(=O)N1CCC2(CC1)CN/C(=N\C(=O)c1nc(I)c(N)nc1N)N2)N1CCS(=O)(=O)CC1. The highest BCUT2D eigenvalue weighted by Crippen LogP contribution is 2.27. The number of carbonyl (C=O) groups is 2. The van der Waals surface area contributed by atoms with Gasteiger partial charge in [0.05, 0.1) is 23.1 Å². The van der Waals surface area contributed by atoms with Crippen LogP contribution in [0.15, 0.2) is 4.99 Å². The molecule has 1 atom stereocenters. The van der Waals surface area contributed by atoms with E-state index in [1.54, 1.807) is 0 Å². The maximum atomic E-state index is 13.4. The lowest BCUT2D eigenvalue weighted by atomic mass is 9.87. The molecule has 3 aliphatic heterocycles. The molecule has 0 radical (unpaired) electrons. The van der Waals surface area contributed by atoms with Crippen LogP contribution in [0.25, 0.3) is 0 Å². The number of nitrogens with two attached hydrogens (primary N) is 2. The summed E-state index contributed by atoms with van der Waals surface area (Å²) in [6.07, 6.45) is 1.36. The summed E-state index contributed by atoms with van der Waals surface area (Å²) in [4.78, 5) is 42.1. The first-order valence-corrected chi connectivity index (χ1v) is 14.8. The molecular formula is C21H32IN9O4S. The molecule has 0 aromatic carbocycles. The van der Waals surface area contributed by atoms with E-state index < -0.39 is 15.7 Å². The molecule has 3 saturated heterocycles. The van der Waals surface area contributed by atoms with Crippen LogP contribution in [-0.2, 0) is 14.6 Å². The van der Waals surface area contributed by atoms with Gasteiger partial charge in [-0.3, -0.25) is 14.5 Å². The van der Waals surface area contributed by atoms with Gasteiger partial charge in [0.2, 0.25) is 5.91 Å². The zero-order valence-corrected chi connectivity index (χ0v) is 23.3. The molecule has 4 rings (SSSR count). The number of anilines is 2. The molecule has 0 bridgehead atoms. The predicted molar refractivity (Wildman–Crippen MR) is 144 cm³/mol. The second-order valence-electron chi connectivity index (χ2n) is 9.86. The van der Waals surface area contributed by atoms with Gasteiger partial charge in [-0.2, -0.15) is 4.99 Å². The van der Waals surface area contributed by atoms with E-state index in [2.05, 4.69) is 25.6 Å². The Balaban J connectivity index is 1.38. The fourth-order valence-electron chi connectivity index (χ4n) is 4.93. The Kier molecular flexibility index (Phi) is 7.62. The number of likely N-dealkylation sites (tertiary alicyclic amines) is 1. The third-order valence-electron chi connectivity index (χ3n) is 6.99. The monoisotopic (exact) mass is 633 g/mol. The van der Waals surface area contributed by atoms with Crippen LogP contribution in [0.4, 0.5) is 11.6 Å². The van der Waals surface area contributed by atoms with Crippen LogP contribution in [0.3, 0.4) is 0 Å². The molecule has 198 valence electrons. The number of nitrogens with one attached hydrogen (secondary N) is 2. The first kappa shape index (κ1) is 26.8. The van der Waals surface area contributed by atoms with Gasteiger partial charge in [-0.25, -0.2) is 18.4 Å². The summed E-state index contributed by atoms with van der Waals surface area (Å²) in [5.74, 6) is 0.0834. The summed E-state index contributed by atoms with van der Waals surface area (Å²) in [5.41, 5.74) is 11.1. The summed E-state index contributed by atoms with van der Waals surface area (Å²) < 4.78 is 24.1. The summed E-state index contributed by atoms with van der Waals surface area (Å²) in [5, 5.41) is 6.47. The predicted octanol–water partition coefficient (Wildman–Crippen LogP) is -0.949. The number of nitrogen functional groups attached to an aromatic ring is 2. The van der Waals surface area contributed by atoms with E-state index in [0.717, 1.165) is 0 Å². The zero-order valence-electron chi connectivity index (χ0n) is 20.3. The number of halogens is 1. The molecule has 3 fully saturated rings. The third kappa shape index (κ3) is 5.66. The molecule has 2 amide bonds. The first-order chi connectivity index (χ1) is 16.9. The minimum absolute atomic E-state index is 0.0428. The number of aliphatic imine (C=N–C) groups is 1. The van der Waals surface area contributed by atoms with Gasteiger partial charge in [-0.1, -0.05) is 13.8 Å². The lowest BCUT2D eigenvalue weighted by Crippen LogP contribution is -2.59. The van der Waals surface area contributed by atoms with Crippen molar-refractivity contribution in [1.82, 2.24) is 30.4 Å². The van der Waals surface area contributed by atoms with E-state index in [1.165, 1.54) is 0 Å². The standard InChI is InChI=1S/C21H32IN9O4S/c1-12(2)14(30-7-9-36(34,35)10-8-30)19(33)31-5-3-21(4-6-31)11-25-20(29-21)28-18(32)13-16(23)27-17(24)15(22)26-13/h12,14H,3-11H2,1-2H3,(H4,23,24,27)(H2,25,28,29,32). The smallest absolute Gasteiger partial charge is 0.302 e. The number of rotatable bonds is 4. The maximum Gasteiger partial charge on any atom is 0.302 e. The molecular weight excluding hydrogens is 601 g/mol. The fraction of sp³-hybridized carbons (Fsp3) is 0.667. The highest BCUT2D eigenvalue weighted by Gasteiger charge is 2.43. The number of hydrogen-bond donors (Lipinski definition) is 4. The zero-order chi connectivity index (χ0) is 26.3. The summed E-state index contributed by atoms with van der Waals surface area (Å²) in [6.45, 7) is 6.44. The van der Waals surface area contributed by atoms with E-state index in [0.29, 0.717) is 55.2 Å². The Morgan fingerprint density at radius 1 is 1.08 bits per heavy atom. The first-order valence-electron chi connectivity index (χ1n) is 11.9. The van der Waals surface area contributed by atoms with E-state index in [9.17, 15) is 18.0 Å². The van der Waals surface area contributed by atoms with Crippen LogP contribution in [0.5, 0.6) is 0 Å². The highest BCUT2D eigenvalue weighted by atomic mass is 127. The minimum Gasteiger partial charge on any atom is -0.382 e. The van der Waals surface area contributed by atoms with Crippen molar-refractivity contribution in [1.29, 1.82) is 0 Å². The fourth-order valence-corrected chi connectivity index (χ4v) is 6.52. The maximum absolute atomic E-state index is 13.4. The van der Waals surface area contributed by atoms with Crippen LogP contribution in [-0.4, -0.2) is 102 Å². The van der Waals surface area contributed by atoms with Gasteiger partial charge >= 0.3 is 5.91 Å². The quantitative estimate of drug-likeness (QED) is 0.299. The Morgan fingerprint density at radius 2 is 1.72 bits per heavy atom. The summed E-state index contributed by atoms with van der Waals surface area (Å²) in [7, 11) is -3.02. The minimum atomic E-state index is -3.02. The van der Waals surface area contributed by atoms with Crippen LogP contribution in [0.1, 0.15) is 37.2 Å². The molecule has 36 heavy (non-hydrogen) atoms. The Hall–Kier alpha value is -2.27. The molecule has 4 heterocycles. The van der Waals surface area contributed by atoms with E-state index >= 15 is 0 Å². The normalized spacial score (nSPS) is 23.4. The van der Waals surface area contributed by atoms with Crippen molar-refractivity contribution in [3.8, 4) is 0 Å². The number of nitrogens with zero attached hydrogens (tertiary/aromatic N) is 5. The molecule has 6 N–H and O–H groups in total. The average Bonchev–Trinajstić information content (AvgIpc) is 3.19. The van der Waals surface area contributed by atoms with Crippen molar-refractivity contribution in [2.24, 2.45) is 10.9 Å². The lowest BCUT2D eigenvalue weighted by molar-refractivity contribution is -0.140. The Morgan fingerprint density at radius 3 is 2.33 bits per heavy atom. The van der Waals surface area contributed by atoms with Gasteiger partial charge < -0.3 is 27.0 Å². The second-order valence-corrected chi connectivity index (χ2v) is 13.2. The molecule has 1 aromatic rings. The molecule has 3 aliphatic rings. The van der Waals surface area contributed by atoms with Crippen molar-refractivity contribution in [3.63, 3.8) is 0 Å². The summed E-state index contributed by atoms with van der Waals surface area (Å²) >= 11 is 1.88. The van der Waals surface area contributed by atoms with Crippen molar-refractivity contribution < 1.29 is 18.0 Å². The molecule has 1 aromatic heterocycles. The van der Waals surface area contributed by atoms with E-state index in [1.807, 2.05) is 46.2 Å². The molecule has 0 aliphatic carbocycles. The van der Waals surface area contributed by atoms with Gasteiger partial charge in [0.25, 0.3) is 0 Å². The van der Waals surface area contributed by atoms with Gasteiger partial charge in [-0.05, 0) is 41.4 Å². The van der Waals surface area contributed by atoms with Crippen molar-refractivity contribution >= 4 is 61.8 Å². The van der Waals surface area contributed by atoms with Gasteiger partial charge in [0.1, 0.15) is 3.70 Å². The van der Waals surface area contributed by atoms with Crippen LogP contribution in [0, 0.1) is 9.62 Å². The molecule has 1 unspecified atom stereocenters.